The fourth-order valence-electron chi connectivity index (χ4n) is 5.53. The highest BCUT2D eigenvalue weighted by Gasteiger charge is 2.34. The van der Waals surface area contributed by atoms with E-state index in [0.717, 1.165) is 17.9 Å². The Bertz CT molecular complexity index is 1210. The first kappa shape index (κ1) is 29.5. The molecule has 0 spiro atoms. The summed E-state index contributed by atoms with van der Waals surface area (Å²) >= 11 is 0. The molecule has 2 N–H and O–H groups in total. The van der Waals surface area contributed by atoms with Gasteiger partial charge in [-0.15, -0.1) is 0 Å². The lowest BCUT2D eigenvalue weighted by Crippen LogP contribution is -2.50. The fourth-order valence-corrected chi connectivity index (χ4v) is 5.53. The smallest absolute Gasteiger partial charge is 0.321 e. The number of ether oxygens (including phenoxy) is 1. The minimum atomic E-state index is -0.470. The quantitative estimate of drug-likeness (QED) is 0.445. The first-order valence-corrected chi connectivity index (χ1v) is 14.2. The largest absolute Gasteiger partial charge is 0.472 e. The number of likely N-dealkylation sites (N-methyl/N-ethyl adjacent to an activating group) is 1. The summed E-state index contributed by atoms with van der Waals surface area (Å²) in [5.41, 5.74) is 2.92. The fraction of sp³-hybridized carbons (Fsp3) is 0.516. The van der Waals surface area contributed by atoms with Crippen LogP contribution >= 0.6 is 0 Å². The Morgan fingerprint density at radius 2 is 2.00 bits per heavy atom. The summed E-state index contributed by atoms with van der Waals surface area (Å²) in [5, 5.41) is 12.7. The molecule has 0 unspecified atom stereocenters. The second kappa shape index (κ2) is 13.3. The van der Waals surface area contributed by atoms with Crippen LogP contribution in [0, 0.1) is 17.7 Å². The van der Waals surface area contributed by atoms with E-state index in [1.165, 1.54) is 60.4 Å². The highest BCUT2D eigenvalue weighted by molar-refractivity contribution is 5.97. The predicted octanol–water partition coefficient (Wildman–Crippen LogP) is 5.59. The molecule has 1 fully saturated rings. The molecule has 1 aromatic carbocycles. The van der Waals surface area contributed by atoms with Gasteiger partial charge in [0.15, 0.2) is 0 Å². The van der Waals surface area contributed by atoms with E-state index in [-0.39, 0.29) is 42.7 Å². The van der Waals surface area contributed by atoms with Gasteiger partial charge in [-0.3, -0.25) is 4.79 Å². The number of hydrogen-bond donors (Lipinski definition) is 2. The molecule has 40 heavy (non-hydrogen) atoms. The highest BCUT2D eigenvalue weighted by atomic mass is 19.1. The first-order valence-electron chi connectivity index (χ1n) is 14.2. The molecule has 8 nitrogen and oxygen atoms in total. The molecule has 1 aliphatic heterocycles. The zero-order valence-corrected chi connectivity index (χ0v) is 23.9. The molecular weight excluding hydrogens is 511 g/mol. The average Bonchev–Trinajstić information content (AvgIpc) is 3.44. The molecule has 1 aromatic heterocycles. The summed E-state index contributed by atoms with van der Waals surface area (Å²) in [6.45, 7) is 6.29. The number of benzene rings is 1. The van der Waals surface area contributed by atoms with Crippen LogP contribution in [0.25, 0.3) is 6.08 Å². The number of halogens is 1. The van der Waals surface area contributed by atoms with E-state index in [2.05, 4.69) is 23.3 Å². The molecule has 9 heteroatoms. The highest BCUT2D eigenvalue weighted by Crippen LogP contribution is 2.32. The summed E-state index contributed by atoms with van der Waals surface area (Å²) in [5.74, 6) is 0.157. The second-order valence-corrected chi connectivity index (χ2v) is 11.4. The average molecular weight is 553 g/mol. The molecular formula is C31H41FN4O4. The second-order valence-electron chi connectivity index (χ2n) is 11.4. The Balaban J connectivity index is 1.56. The number of amides is 3. The van der Waals surface area contributed by atoms with Gasteiger partial charge in [0.2, 0.25) is 5.88 Å². The molecule has 0 radical (unpaired) electrons. The zero-order valence-electron chi connectivity index (χ0n) is 23.9. The maximum atomic E-state index is 13.7. The van der Waals surface area contributed by atoms with Crippen LogP contribution in [-0.4, -0.2) is 70.7 Å². The van der Waals surface area contributed by atoms with E-state index in [0.29, 0.717) is 17.8 Å². The van der Waals surface area contributed by atoms with Crippen LogP contribution in [0.15, 0.2) is 42.1 Å². The number of rotatable bonds is 8. The van der Waals surface area contributed by atoms with Gasteiger partial charge < -0.3 is 25.0 Å². The summed E-state index contributed by atoms with van der Waals surface area (Å²) in [7, 11) is 1.66. The number of urea groups is 1. The van der Waals surface area contributed by atoms with Gasteiger partial charge in [0.25, 0.3) is 5.91 Å². The standard InChI is InChI=1S/C31H41FN4O4/c1-20(13-23-7-5-6-8-23)14-24-15-27-29(33-16-24)40-28(21(2)17-36(30(27)38)22(3)19-37)18-35(4)31(39)34-26-11-9-25(32)10-12-26/h9-12,14-16,21-23,28,37H,5-8,13,17-19H2,1-4H3,(H,34,39)/t21-,22+,28-/m0/s1. The van der Waals surface area contributed by atoms with Gasteiger partial charge in [-0.05, 0) is 62.1 Å². The van der Waals surface area contributed by atoms with Crippen molar-refractivity contribution in [2.45, 2.75) is 65.0 Å². The van der Waals surface area contributed by atoms with Crippen molar-refractivity contribution in [1.82, 2.24) is 14.8 Å². The number of carbonyl (C=O) groups excluding carboxylic acids is 2. The number of fused-ring (bicyclic) bond motifs is 1. The normalized spacial score (nSPS) is 20.8. The van der Waals surface area contributed by atoms with Crippen LogP contribution in [0.1, 0.15) is 68.8 Å². The summed E-state index contributed by atoms with van der Waals surface area (Å²) < 4.78 is 19.6. The number of aromatic nitrogens is 1. The Morgan fingerprint density at radius 3 is 2.67 bits per heavy atom. The molecule has 1 saturated carbocycles. The van der Waals surface area contributed by atoms with Gasteiger partial charge in [-0.25, -0.2) is 14.2 Å². The molecule has 3 atom stereocenters. The summed E-state index contributed by atoms with van der Waals surface area (Å²) in [6, 6.07) is 6.61. The topological polar surface area (TPSA) is 95.0 Å². The number of hydrogen-bond acceptors (Lipinski definition) is 5. The molecule has 4 rings (SSSR count). The van der Waals surface area contributed by atoms with Crippen molar-refractivity contribution >= 4 is 23.7 Å². The van der Waals surface area contributed by atoms with Gasteiger partial charge in [0, 0.05) is 31.4 Å². The van der Waals surface area contributed by atoms with E-state index >= 15 is 0 Å². The first-order chi connectivity index (χ1) is 19.1. The van der Waals surface area contributed by atoms with Gasteiger partial charge >= 0.3 is 6.03 Å². The summed E-state index contributed by atoms with van der Waals surface area (Å²) in [6.07, 6.45) is 9.51. The summed E-state index contributed by atoms with van der Waals surface area (Å²) in [4.78, 5) is 34.3. The van der Waals surface area contributed by atoms with Crippen LogP contribution in [0.3, 0.4) is 0 Å². The van der Waals surface area contributed by atoms with Crippen molar-refractivity contribution in [2.24, 2.45) is 11.8 Å². The van der Waals surface area contributed by atoms with Crippen molar-refractivity contribution in [1.29, 1.82) is 0 Å². The Kier molecular flexibility index (Phi) is 9.79. The number of anilines is 1. The van der Waals surface area contributed by atoms with E-state index in [9.17, 15) is 19.1 Å². The van der Waals surface area contributed by atoms with Crippen molar-refractivity contribution < 1.29 is 23.8 Å². The van der Waals surface area contributed by atoms with Crippen LogP contribution in [0.5, 0.6) is 5.88 Å². The Hall–Kier alpha value is -3.46. The third-order valence-electron chi connectivity index (χ3n) is 7.94. The molecule has 2 aliphatic rings. The van der Waals surface area contributed by atoms with Gasteiger partial charge in [-0.2, -0.15) is 0 Å². The number of nitrogens with zero attached hydrogens (tertiary/aromatic N) is 3. The SMILES string of the molecule is CC(=Cc1cnc2c(c1)C(=O)N([C@H](C)CO)C[C@H](C)[C@H](CN(C)C(=O)Nc1ccc(F)cc1)O2)CC1CCCC1. The molecule has 216 valence electrons. The minimum absolute atomic E-state index is 0.165. The van der Waals surface area contributed by atoms with Crippen molar-refractivity contribution in [3.63, 3.8) is 0 Å². The minimum Gasteiger partial charge on any atom is -0.472 e. The molecule has 0 saturated heterocycles. The van der Waals surface area contributed by atoms with Crippen LogP contribution in [0.4, 0.5) is 14.9 Å². The molecule has 2 heterocycles. The number of aliphatic hydroxyl groups is 1. The Morgan fingerprint density at radius 1 is 1.30 bits per heavy atom. The lowest BCUT2D eigenvalue weighted by Gasteiger charge is -2.37. The van der Waals surface area contributed by atoms with Gasteiger partial charge in [0.05, 0.1) is 19.2 Å². The number of pyridine rings is 1. The molecule has 1 aliphatic carbocycles. The molecule has 2 aromatic rings. The van der Waals surface area contributed by atoms with E-state index < -0.39 is 12.1 Å². The van der Waals surface area contributed by atoms with Gasteiger partial charge in [-0.1, -0.05) is 44.3 Å². The van der Waals surface area contributed by atoms with Crippen LogP contribution in [0.2, 0.25) is 0 Å². The number of carbonyl (C=O) groups is 2. The monoisotopic (exact) mass is 552 g/mol. The maximum absolute atomic E-state index is 13.7. The third kappa shape index (κ3) is 7.38. The van der Waals surface area contributed by atoms with Crippen molar-refractivity contribution in [3.8, 4) is 5.88 Å². The third-order valence-corrected chi connectivity index (χ3v) is 7.94. The van der Waals surface area contributed by atoms with Crippen molar-refractivity contribution in [2.75, 3.05) is 32.1 Å². The lowest BCUT2D eigenvalue weighted by molar-refractivity contribution is 0.0356. The predicted molar refractivity (Wildman–Crippen MR) is 154 cm³/mol. The van der Waals surface area contributed by atoms with Crippen LogP contribution < -0.4 is 10.1 Å². The molecule has 3 amide bonds. The van der Waals surface area contributed by atoms with E-state index in [1.54, 1.807) is 18.1 Å². The lowest BCUT2D eigenvalue weighted by atomic mass is 9.97. The van der Waals surface area contributed by atoms with Crippen LogP contribution in [-0.2, 0) is 0 Å². The van der Waals surface area contributed by atoms with Gasteiger partial charge in [0.1, 0.15) is 17.5 Å². The maximum Gasteiger partial charge on any atom is 0.321 e. The number of allylic oxidation sites excluding steroid dienone is 1. The van der Waals surface area contributed by atoms with Crippen molar-refractivity contribution in [3.05, 3.63) is 59.0 Å². The number of nitrogens with one attached hydrogen (secondary N) is 1. The molecule has 0 bridgehead atoms. The van der Waals surface area contributed by atoms with E-state index in [4.69, 9.17) is 4.74 Å². The zero-order chi connectivity index (χ0) is 28.8. The van der Waals surface area contributed by atoms with E-state index in [1.807, 2.05) is 19.9 Å². The number of aliphatic hydroxyl groups excluding tert-OH is 1. The Labute approximate surface area is 236 Å².